The molecule has 0 saturated heterocycles. The Morgan fingerprint density at radius 2 is 1.94 bits per heavy atom. The lowest BCUT2D eigenvalue weighted by atomic mass is 9.93. The first kappa shape index (κ1) is 12.7. The number of benzene rings is 1. The minimum atomic E-state index is -0.174. The Morgan fingerprint density at radius 1 is 1.28 bits per heavy atom. The van der Waals surface area contributed by atoms with Crippen LogP contribution in [0.25, 0.3) is 11.0 Å². The van der Waals surface area contributed by atoms with E-state index in [0.29, 0.717) is 6.54 Å². The predicted molar refractivity (Wildman–Crippen MR) is 75.0 cm³/mol. The van der Waals surface area contributed by atoms with Crippen molar-refractivity contribution in [3.63, 3.8) is 0 Å². The molecular weight excluding hydrogens is 228 g/mol. The van der Waals surface area contributed by atoms with E-state index in [1.165, 1.54) is 0 Å². The summed E-state index contributed by atoms with van der Waals surface area (Å²) in [5.74, 6) is 0. The highest BCUT2D eigenvalue weighted by atomic mass is 16.1. The first-order valence-corrected chi connectivity index (χ1v) is 6.04. The molecule has 2 rings (SSSR count). The maximum absolute atomic E-state index is 11.2. The number of hydrogen-bond donors (Lipinski definition) is 3. The van der Waals surface area contributed by atoms with E-state index < -0.39 is 0 Å². The number of nitrogens with zero attached hydrogens (tertiary/aromatic N) is 1. The van der Waals surface area contributed by atoms with Crippen LogP contribution in [-0.2, 0) is 0 Å². The van der Waals surface area contributed by atoms with Crippen molar-refractivity contribution >= 4 is 16.7 Å². The molecule has 0 atom stereocenters. The lowest BCUT2D eigenvalue weighted by Gasteiger charge is -2.30. The monoisotopic (exact) mass is 248 g/mol. The van der Waals surface area contributed by atoms with Crippen molar-refractivity contribution in [1.82, 2.24) is 9.97 Å². The summed E-state index contributed by atoms with van der Waals surface area (Å²) in [4.78, 5) is 18.9. The van der Waals surface area contributed by atoms with Gasteiger partial charge in [0.2, 0.25) is 0 Å². The maximum atomic E-state index is 11.2. The molecule has 1 heterocycles. The summed E-state index contributed by atoms with van der Waals surface area (Å²) in [7, 11) is 2.03. The Balaban J connectivity index is 2.27. The maximum Gasteiger partial charge on any atom is 0.323 e. The van der Waals surface area contributed by atoms with Crippen molar-refractivity contribution in [2.75, 3.05) is 25.0 Å². The topological polar surface area (TPSA) is 77.9 Å². The molecule has 1 aromatic carbocycles. The molecule has 5 nitrogen and oxygen atoms in total. The van der Waals surface area contributed by atoms with E-state index in [0.717, 1.165) is 23.3 Å². The van der Waals surface area contributed by atoms with Crippen molar-refractivity contribution in [3.05, 3.63) is 28.7 Å². The molecule has 4 N–H and O–H groups in total. The molecule has 0 amide bonds. The Morgan fingerprint density at radius 3 is 2.61 bits per heavy atom. The highest BCUT2D eigenvalue weighted by Crippen LogP contribution is 2.22. The summed E-state index contributed by atoms with van der Waals surface area (Å²) in [5, 5.41) is 0. The lowest BCUT2D eigenvalue weighted by Crippen LogP contribution is -2.36. The van der Waals surface area contributed by atoms with Gasteiger partial charge in [-0.25, -0.2) is 4.79 Å². The number of anilines is 1. The zero-order chi connectivity index (χ0) is 13.3. The summed E-state index contributed by atoms with van der Waals surface area (Å²) in [6.07, 6.45) is 0. The third-order valence-corrected chi connectivity index (χ3v) is 3.16. The number of nitrogens with two attached hydrogens (primary N) is 1. The van der Waals surface area contributed by atoms with Crippen molar-refractivity contribution in [2.24, 2.45) is 11.1 Å². The Labute approximate surface area is 106 Å². The largest absolute Gasteiger partial charge is 0.374 e. The van der Waals surface area contributed by atoms with Gasteiger partial charge in [-0.3, -0.25) is 0 Å². The molecule has 0 saturated carbocycles. The number of hydrogen-bond acceptors (Lipinski definition) is 3. The second kappa shape index (κ2) is 4.49. The summed E-state index contributed by atoms with van der Waals surface area (Å²) >= 11 is 0. The van der Waals surface area contributed by atoms with Crippen LogP contribution < -0.4 is 16.3 Å². The molecule has 0 radical (unpaired) electrons. The van der Waals surface area contributed by atoms with Crippen LogP contribution in [0.3, 0.4) is 0 Å². The molecule has 0 unspecified atom stereocenters. The van der Waals surface area contributed by atoms with Gasteiger partial charge in [-0.05, 0) is 30.2 Å². The average Bonchev–Trinajstić information content (AvgIpc) is 2.67. The summed E-state index contributed by atoms with van der Waals surface area (Å²) in [6.45, 7) is 5.78. The summed E-state index contributed by atoms with van der Waals surface area (Å²) in [5.41, 5.74) is 8.36. The third kappa shape index (κ3) is 2.56. The number of aromatic amines is 2. The van der Waals surface area contributed by atoms with Gasteiger partial charge in [-0.15, -0.1) is 0 Å². The number of aromatic nitrogens is 2. The first-order chi connectivity index (χ1) is 8.41. The fourth-order valence-corrected chi connectivity index (χ4v) is 2.06. The molecular formula is C13H20N4O. The predicted octanol–water partition coefficient (Wildman–Crippen LogP) is 1.28. The van der Waals surface area contributed by atoms with Gasteiger partial charge in [-0.2, -0.15) is 0 Å². The van der Waals surface area contributed by atoms with E-state index >= 15 is 0 Å². The second-order valence-corrected chi connectivity index (χ2v) is 5.53. The highest BCUT2D eigenvalue weighted by molar-refractivity contribution is 5.78. The van der Waals surface area contributed by atoms with Crippen molar-refractivity contribution in [2.45, 2.75) is 13.8 Å². The van der Waals surface area contributed by atoms with Gasteiger partial charge in [0.15, 0.2) is 0 Å². The molecule has 18 heavy (non-hydrogen) atoms. The van der Waals surface area contributed by atoms with E-state index in [2.05, 4.69) is 28.7 Å². The standard InChI is InChI=1S/C13H20N4O/c1-13(2,7-14)8-17(3)9-4-5-10-11(6-9)16-12(18)15-10/h4-6H,7-8,14H2,1-3H3,(H2,15,16,18). The van der Waals surface area contributed by atoms with E-state index in [1.54, 1.807) is 0 Å². The van der Waals surface area contributed by atoms with Gasteiger partial charge < -0.3 is 20.6 Å². The number of imidazole rings is 1. The Hall–Kier alpha value is -1.75. The number of H-pyrrole nitrogens is 2. The quantitative estimate of drug-likeness (QED) is 0.762. The molecule has 0 aliphatic rings. The fraction of sp³-hybridized carbons (Fsp3) is 0.462. The Bertz CT molecular complexity index is 596. The van der Waals surface area contributed by atoms with Gasteiger partial charge in [0.1, 0.15) is 0 Å². The summed E-state index contributed by atoms with van der Waals surface area (Å²) < 4.78 is 0. The zero-order valence-corrected chi connectivity index (χ0v) is 11.1. The second-order valence-electron chi connectivity index (χ2n) is 5.53. The van der Waals surface area contributed by atoms with E-state index in [9.17, 15) is 4.79 Å². The lowest BCUT2D eigenvalue weighted by molar-refractivity contribution is 0.385. The van der Waals surface area contributed by atoms with Gasteiger partial charge in [0.25, 0.3) is 0 Å². The van der Waals surface area contributed by atoms with Crippen LogP contribution >= 0.6 is 0 Å². The molecule has 1 aromatic heterocycles. The highest BCUT2D eigenvalue weighted by Gasteiger charge is 2.18. The van der Waals surface area contributed by atoms with Crippen LogP contribution in [0.4, 0.5) is 5.69 Å². The summed E-state index contributed by atoms with van der Waals surface area (Å²) in [6, 6.07) is 5.88. The van der Waals surface area contributed by atoms with E-state index in [-0.39, 0.29) is 11.1 Å². The van der Waals surface area contributed by atoms with Crippen molar-refractivity contribution < 1.29 is 0 Å². The van der Waals surface area contributed by atoms with Crippen molar-refractivity contribution in [3.8, 4) is 0 Å². The van der Waals surface area contributed by atoms with E-state index in [1.807, 2.05) is 25.2 Å². The van der Waals surface area contributed by atoms with Crippen LogP contribution in [0.2, 0.25) is 0 Å². The van der Waals surface area contributed by atoms with Crippen LogP contribution in [0.15, 0.2) is 23.0 Å². The number of rotatable bonds is 4. The smallest absolute Gasteiger partial charge is 0.323 e. The SMILES string of the molecule is CN(CC(C)(C)CN)c1ccc2[nH]c(=O)[nH]c2c1. The normalized spacial score (nSPS) is 12.0. The fourth-order valence-electron chi connectivity index (χ4n) is 2.06. The van der Waals surface area contributed by atoms with E-state index in [4.69, 9.17) is 5.73 Å². The number of fused-ring (bicyclic) bond motifs is 1. The van der Waals surface area contributed by atoms with Crippen molar-refractivity contribution in [1.29, 1.82) is 0 Å². The zero-order valence-electron chi connectivity index (χ0n) is 11.1. The molecule has 98 valence electrons. The molecule has 0 aliphatic carbocycles. The van der Waals surface area contributed by atoms with Crippen LogP contribution in [0.5, 0.6) is 0 Å². The number of nitrogens with one attached hydrogen (secondary N) is 2. The van der Waals surface area contributed by atoms with Crippen LogP contribution in [0.1, 0.15) is 13.8 Å². The Kier molecular flexibility index (Phi) is 3.17. The molecule has 5 heteroatoms. The third-order valence-electron chi connectivity index (χ3n) is 3.16. The van der Waals surface area contributed by atoms with Gasteiger partial charge in [0, 0.05) is 19.3 Å². The molecule has 0 aliphatic heterocycles. The molecule has 0 fully saturated rings. The average molecular weight is 248 g/mol. The van der Waals surface area contributed by atoms with Crippen LogP contribution in [0, 0.1) is 5.41 Å². The molecule has 0 bridgehead atoms. The first-order valence-electron chi connectivity index (χ1n) is 6.04. The van der Waals surface area contributed by atoms with Gasteiger partial charge >= 0.3 is 5.69 Å². The minimum Gasteiger partial charge on any atom is -0.374 e. The minimum absolute atomic E-state index is 0.0647. The molecule has 0 spiro atoms. The van der Waals surface area contributed by atoms with Gasteiger partial charge in [0.05, 0.1) is 11.0 Å². The molecule has 2 aromatic rings. The van der Waals surface area contributed by atoms with Gasteiger partial charge in [-0.1, -0.05) is 13.8 Å². The van der Waals surface area contributed by atoms with Crippen LogP contribution in [-0.4, -0.2) is 30.1 Å².